The molecule has 0 fully saturated rings. The summed E-state index contributed by atoms with van der Waals surface area (Å²) in [5.74, 6) is -0.783. The third kappa shape index (κ3) is 6.15. The van der Waals surface area contributed by atoms with Crippen LogP contribution in [0.25, 0.3) is 6.08 Å². The Bertz CT molecular complexity index is 1400. The number of hydrogen-bond acceptors (Lipinski definition) is 7. The van der Waals surface area contributed by atoms with E-state index < -0.39 is 31.5 Å². The number of nitriles is 1. The van der Waals surface area contributed by atoms with Gasteiger partial charge in [-0.05, 0) is 76.7 Å². The van der Waals surface area contributed by atoms with Crippen LogP contribution in [0.15, 0.2) is 83.3 Å². The molecule has 1 amide bonds. The molecule has 0 unspecified atom stereocenters. The van der Waals surface area contributed by atoms with Crippen LogP contribution in [-0.2, 0) is 14.9 Å². The van der Waals surface area contributed by atoms with Gasteiger partial charge in [-0.15, -0.1) is 0 Å². The molecule has 166 valence electrons. The van der Waals surface area contributed by atoms with Crippen LogP contribution in [0.3, 0.4) is 0 Å². The second-order valence-electron chi connectivity index (χ2n) is 6.47. The number of halogens is 1. The van der Waals surface area contributed by atoms with E-state index in [0.29, 0.717) is 11.3 Å². The molecule has 0 aliphatic heterocycles. The summed E-state index contributed by atoms with van der Waals surface area (Å²) in [5.41, 5.74) is -0.00591. The molecule has 0 spiro atoms. The van der Waals surface area contributed by atoms with E-state index in [4.69, 9.17) is 4.18 Å². The van der Waals surface area contributed by atoms with E-state index in [2.05, 4.69) is 27.9 Å². The van der Waals surface area contributed by atoms with Crippen LogP contribution in [0.1, 0.15) is 5.56 Å². The van der Waals surface area contributed by atoms with Crippen LogP contribution < -0.4 is 9.50 Å². The number of amides is 1. The number of para-hydroxylation sites is 1. The average Bonchev–Trinajstić information content (AvgIpc) is 2.79. The zero-order valence-corrected chi connectivity index (χ0v) is 19.6. The fourth-order valence-corrected chi connectivity index (χ4v) is 4.14. The summed E-state index contributed by atoms with van der Waals surface area (Å²) in [4.78, 5) is 22.2. The van der Waals surface area contributed by atoms with E-state index >= 15 is 0 Å². The third-order valence-electron chi connectivity index (χ3n) is 4.17. The number of anilines is 1. The number of nitrogens with one attached hydrogen (secondary N) is 1. The van der Waals surface area contributed by atoms with Crippen molar-refractivity contribution in [3.63, 3.8) is 0 Å². The van der Waals surface area contributed by atoms with Crippen LogP contribution >= 0.6 is 22.6 Å². The lowest BCUT2D eigenvalue weighted by Gasteiger charge is -2.08. The molecule has 0 aliphatic rings. The van der Waals surface area contributed by atoms with Crippen molar-refractivity contribution >= 4 is 56.1 Å². The first kappa shape index (κ1) is 23.9. The molecule has 1 N–H and O–H groups in total. The number of carbonyl (C=O) groups excluding carboxylic acids is 1. The molecule has 0 radical (unpaired) electrons. The van der Waals surface area contributed by atoms with Crippen LogP contribution in [-0.4, -0.2) is 19.2 Å². The van der Waals surface area contributed by atoms with Gasteiger partial charge in [0, 0.05) is 15.3 Å². The predicted octanol–water partition coefficient (Wildman–Crippen LogP) is 4.51. The molecule has 0 bridgehead atoms. The molecule has 11 heteroatoms. The first-order valence-corrected chi connectivity index (χ1v) is 11.6. The molecular weight excluding hydrogens is 561 g/mol. The van der Waals surface area contributed by atoms with Crippen LogP contribution in [0.5, 0.6) is 5.75 Å². The Morgan fingerprint density at radius 1 is 1.09 bits per heavy atom. The van der Waals surface area contributed by atoms with Gasteiger partial charge in [0.25, 0.3) is 11.6 Å². The molecule has 9 nitrogen and oxygen atoms in total. The molecule has 0 atom stereocenters. The minimum Gasteiger partial charge on any atom is -0.379 e. The predicted molar refractivity (Wildman–Crippen MR) is 129 cm³/mol. The first-order chi connectivity index (χ1) is 15.7. The highest BCUT2D eigenvalue weighted by molar-refractivity contribution is 14.1. The smallest absolute Gasteiger partial charge is 0.346 e. The van der Waals surface area contributed by atoms with E-state index in [1.165, 1.54) is 36.4 Å². The minimum atomic E-state index is -4.51. The molecule has 0 aliphatic carbocycles. The quantitative estimate of drug-likeness (QED) is 0.109. The highest BCUT2D eigenvalue weighted by atomic mass is 127. The van der Waals surface area contributed by atoms with Gasteiger partial charge in [0.2, 0.25) is 0 Å². The Kier molecular flexibility index (Phi) is 7.41. The van der Waals surface area contributed by atoms with Crippen molar-refractivity contribution in [2.24, 2.45) is 0 Å². The summed E-state index contributed by atoms with van der Waals surface area (Å²) in [6.07, 6.45) is 1.27. The number of nitrogens with zero attached hydrogens (tertiary/aromatic N) is 2. The molecule has 0 heterocycles. The first-order valence-electron chi connectivity index (χ1n) is 9.16. The standard InChI is InChI=1S/C22H14IN3O6S/c23-17-8-10-18(11-9-17)25-22(27)16(14-24)12-15-4-3-5-19(13-15)32-33(30,31)21-7-2-1-6-20(21)26(28)29/h1-13H,(H,25,27)/b16-12+. The monoisotopic (exact) mass is 575 g/mol. The van der Waals surface area contributed by atoms with Crippen LogP contribution in [0.2, 0.25) is 0 Å². The van der Waals surface area contributed by atoms with E-state index in [9.17, 15) is 28.6 Å². The van der Waals surface area contributed by atoms with E-state index in [-0.39, 0.29) is 11.3 Å². The van der Waals surface area contributed by atoms with E-state index in [1.807, 2.05) is 6.07 Å². The number of rotatable bonds is 7. The fourth-order valence-electron chi connectivity index (χ4n) is 2.69. The maximum atomic E-state index is 12.6. The van der Waals surface area contributed by atoms with Gasteiger partial charge in [-0.25, -0.2) is 0 Å². The van der Waals surface area contributed by atoms with Crippen molar-refractivity contribution in [1.82, 2.24) is 0 Å². The molecular formula is C22H14IN3O6S. The topological polar surface area (TPSA) is 139 Å². The Morgan fingerprint density at radius 2 is 1.79 bits per heavy atom. The van der Waals surface area contributed by atoms with Crippen molar-refractivity contribution < 1.29 is 22.3 Å². The maximum absolute atomic E-state index is 12.6. The minimum absolute atomic E-state index is 0.141. The summed E-state index contributed by atoms with van der Waals surface area (Å²) in [6, 6.07) is 19.2. The van der Waals surface area contributed by atoms with Crippen molar-refractivity contribution in [3.8, 4) is 11.8 Å². The summed E-state index contributed by atoms with van der Waals surface area (Å²) in [5, 5.41) is 23.2. The normalized spacial score (nSPS) is 11.3. The molecule has 3 aromatic rings. The number of nitro benzene ring substituents is 1. The van der Waals surface area contributed by atoms with E-state index in [0.717, 1.165) is 15.7 Å². The lowest BCUT2D eigenvalue weighted by molar-refractivity contribution is -0.387. The molecule has 0 saturated heterocycles. The number of hydrogen-bond donors (Lipinski definition) is 1. The van der Waals surface area contributed by atoms with Gasteiger partial charge >= 0.3 is 10.1 Å². The molecule has 33 heavy (non-hydrogen) atoms. The average molecular weight is 575 g/mol. The van der Waals surface area contributed by atoms with Crippen molar-refractivity contribution in [1.29, 1.82) is 5.26 Å². The summed E-state index contributed by atoms with van der Waals surface area (Å²) in [6.45, 7) is 0. The lowest BCUT2D eigenvalue weighted by Crippen LogP contribution is -2.13. The number of nitro groups is 1. The second kappa shape index (κ2) is 10.2. The van der Waals surface area contributed by atoms with Gasteiger partial charge in [0.15, 0.2) is 4.90 Å². The largest absolute Gasteiger partial charge is 0.379 e. The Hall–Kier alpha value is -3.76. The molecule has 3 aromatic carbocycles. The summed E-state index contributed by atoms with van der Waals surface area (Å²) in [7, 11) is -4.51. The summed E-state index contributed by atoms with van der Waals surface area (Å²) < 4.78 is 31.2. The van der Waals surface area contributed by atoms with Crippen molar-refractivity contribution in [3.05, 3.63) is 97.6 Å². The SMILES string of the molecule is N#C/C(=C\c1cccc(OS(=O)(=O)c2ccccc2[N+](=O)[O-])c1)C(=O)Nc1ccc(I)cc1. The molecule has 0 aromatic heterocycles. The summed E-state index contributed by atoms with van der Waals surface area (Å²) >= 11 is 2.12. The number of carbonyl (C=O) groups is 1. The maximum Gasteiger partial charge on any atom is 0.346 e. The Labute approximate surface area is 202 Å². The zero-order valence-electron chi connectivity index (χ0n) is 16.6. The van der Waals surface area contributed by atoms with Gasteiger partial charge in [0.05, 0.1) is 4.92 Å². The van der Waals surface area contributed by atoms with Crippen LogP contribution in [0.4, 0.5) is 11.4 Å². The lowest BCUT2D eigenvalue weighted by atomic mass is 10.1. The fraction of sp³-hybridized carbons (Fsp3) is 0. The zero-order chi connectivity index (χ0) is 24.0. The van der Waals surface area contributed by atoms with Crippen molar-refractivity contribution in [2.45, 2.75) is 4.90 Å². The Balaban J connectivity index is 1.84. The second-order valence-corrected chi connectivity index (χ2v) is 9.23. The highest BCUT2D eigenvalue weighted by Crippen LogP contribution is 2.27. The van der Waals surface area contributed by atoms with E-state index in [1.54, 1.807) is 30.3 Å². The Morgan fingerprint density at radius 3 is 2.45 bits per heavy atom. The van der Waals surface area contributed by atoms with Gasteiger partial charge in [0.1, 0.15) is 17.4 Å². The van der Waals surface area contributed by atoms with Gasteiger partial charge in [-0.3, -0.25) is 14.9 Å². The third-order valence-corrected chi connectivity index (χ3v) is 6.19. The van der Waals surface area contributed by atoms with Gasteiger partial charge in [-0.2, -0.15) is 13.7 Å². The molecule has 0 saturated carbocycles. The highest BCUT2D eigenvalue weighted by Gasteiger charge is 2.27. The van der Waals surface area contributed by atoms with Gasteiger partial charge in [-0.1, -0.05) is 24.3 Å². The van der Waals surface area contributed by atoms with Gasteiger partial charge < -0.3 is 9.50 Å². The van der Waals surface area contributed by atoms with Crippen molar-refractivity contribution in [2.75, 3.05) is 5.32 Å². The van der Waals surface area contributed by atoms with Crippen LogP contribution in [0, 0.1) is 25.0 Å². The number of benzene rings is 3. The molecule has 3 rings (SSSR count).